The smallest absolute Gasteiger partial charge is 0.232 e. The van der Waals surface area contributed by atoms with Gasteiger partial charge in [0.15, 0.2) is 5.96 Å². The molecule has 0 bridgehead atoms. The van der Waals surface area contributed by atoms with Crippen LogP contribution in [0.2, 0.25) is 10.2 Å². The lowest BCUT2D eigenvalue weighted by Gasteiger charge is -2.12. The Balaban J connectivity index is 1.75. The number of hydrogen-bond donors (Lipinski definition) is 2. The van der Waals surface area contributed by atoms with Gasteiger partial charge < -0.3 is 15.4 Å². The van der Waals surface area contributed by atoms with Gasteiger partial charge in [-0.3, -0.25) is 4.99 Å². The van der Waals surface area contributed by atoms with E-state index in [4.69, 9.17) is 27.9 Å². The largest absolute Gasteiger partial charge is 0.475 e. The Morgan fingerprint density at radius 3 is 2.80 bits per heavy atom. The van der Waals surface area contributed by atoms with Crippen molar-refractivity contribution >= 4 is 29.2 Å². The first-order chi connectivity index (χ1) is 12.2. The number of nitrogens with zero attached hydrogens (tertiary/aromatic N) is 3. The topological polar surface area (TPSA) is 71.4 Å². The minimum atomic E-state index is 0.433. The van der Waals surface area contributed by atoms with Gasteiger partial charge in [0.2, 0.25) is 5.88 Å². The van der Waals surface area contributed by atoms with Crippen LogP contribution in [-0.2, 0) is 6.42 Å². The molecule has 134 valence electrons. The van der Waals surface area contributed by atoms with Crippen LogP contribution in [0.15, 0.2) is 41.7 Å². The fourth-order valence-electron chi connectivity index (χ4n) is 1.99. The van der Waals surface area contributed by atoms with Gasteiger partial charge in [-0.1, -0.05) is 29.3 Å². The molecular weight excluding hydrogens is 361 g/mol. The zero-order valence-corrected chi connectivity index (χ0v) is 15.5. The van der Waals surface area contributed by atoms with Crippen molar-refractivity contribution in [1.82, 2.24) is 20.6 Å². The average molecular weight is 382 g/mol. The number of halogens is 2. The van der Waals surface area contributed by atoms with Crippen LogP contribution in [0.4, 0.5) is 0 Å². The number of aliphatic imine (C=N–C) groups is 1. The van der Waals surface area contributed by atoms with E-state index < -0.39 is 0 Å². The summed E-state index contributed by atoms with van der Waals surface area (Å²) in [6, 6.07) is 7.24. The van der Waals surface area contributed by atoms with Gasteiger partial charge >= 0.3 is 0 Å². The highest BCUT2D eigenvalue weighted by molar-refractivity contribution is 6.31. The Labute approximate surface area is 157 Å². The van der Waals surface area contributed by atoms with E-state index in [9.17, 15) is 0 Å². The maximum atomic E-state index is 5.99. The van der Waals surface area contributed by atoms with Gasteiger partial charge in [-0.2, -0.15) is 0 Å². The Kier molecular flexibility index (Phi) is 8.28. The minimum absolute atomic E-state index is 0.433. The monoisotopic (exact) mass is 381 g/mol. The maximum absolute atomic E-state index is 5.99. The molecule has 0 aliphatic rings. The van der Waals surface area contributed by atoms with E-state index in [1.807, 2.05) is 13.0 Å². The van der Waals surface area contributed by atoms with Gasteiger partial charge in [-0.15, -0.1) is 0 Å². The summed E-state index contributed by atoms with van der Waals surface area (Å²) in [6.45, 7) is 4.46. The van der Waals surface area contributed by atoms with Crippen molar-refractivity contribution < 1.29 is 4.74 Å². The molecule has 0 saturated heterocycles. The Bertz CT molecular complexity index is 679. The molecule has 0 spiro atoms. The molecule has 2 heterocycles. The van der Waals surface area contributed by atoms with E-state index in [1.165, 1.54) is 0 Å². The number of aromatic nitrogens is 2. The molecule has 0 fully saturated rings. The predicted molar refractivity (Wildman–Crippen MR) is 102 cm³/mol. The normalized spacial score (nSPS) is 11.2. The minimum Gasteiger partial charge on any atom is -0.475 e. The molecule has 2 N–H and O–H groups in total. The van der Waals surface area contributed by atoms with Crippen LogP contribution in [0.3, 0.4) is 0 Å². The quantitative estimate of drug-likeness (QED) is 0.318. The lowest BCUT2D eigenvalue weighted by atomic mass is 10.2. The molecule has 0 unspecified atom stereocenters. The summed E-state index contributed by atoms with van der Waals surface area (Å²) in [6.07, 6.45) is 4.20. The molecule has 0 radical (unpaired) electrons. The summed E-state index contributed by atoms with van der Waals surface area (Å²) in [7, 11) is 0. The van der Waals surface area contributed by atoms with Gasteiger partial charge in [0.25, 0.3) is 0 Å². The van der Waals surface area contributed by atoms with Crippen LogP contribution >= 0.6 is 23.2 Å². The third kappa shape index (κ3) is 7.15. The van der Waals surface area contributed by atoms with Crippen molar-refractivity contribution in [3.63, 3.8) is 0 Å². The summed E-state index contributed by atoms with van der Waals surface area (Å²) >= 11 is 11.8. The van der Waals surface area contributed by atoms with Crippen LogP contribution < -0.4 is 15.4 Å². The van der Waals surface area contributed by atoms with Crippen molar-refractivity contribution in [2.45, 2.75) is 13.3 Å². The second-order valence-electron chi connectivity index (χ2n) is 5.07. The molecule has 6 nitrogen and oxygen atoms in total. The summed E-state index contributed by atoms with van der Waals surface area (Å²) in [5.74, 6) is 1.17. The maximum Gasteiger partial charge on any atom is 0.232 e. The van der Waals surface area contributed by atoms with Crippen molar-refractivity contribution in [3.05, 3.63) is 52.4 Å². The average Bonchev–Trinajstić information content (AvgIpc) is 2.61. The van der Waals surface area contributed by atoms with Crippen LogP contribution in [-0.4, -0.2) is 42.2 Å². The first-order valence-corrected chi connectivity index (χ1v) is 8.80. The molecule has 2 rings (SSSR count). The fourth-order valence-corrected chi connectivity index (χ4v) is 2.28. The third-order valence-electron chi connectivity index (χ3n) is 3.16. The van der Waals surface area contributed by atoms with Crippen LogP contribution in [0, 0.1) is 0 Å². The van der Waals surface area contributed by atoms with E-state index in [-0.39, 0.29) is 0 Å². The van der Waals surface area contributed by atoms with Crippen LogP contribution in [0.1, 0.15) is 12.5 Å². The highest BCUT2D eigenvalue weighted by Gasteiger charge is 2.02. The molecular formula is C17H21Cl2N5O. The fraction of sp³-hybridized carbons (Fsp3) is 0.353. The molecule has 25 heavy (non-hydrogen) atoms. The van der Waals surface area contributed by atoms with Gasteiger partial charge in [0, 0.05) is 25.5 Å². The number of ether oxygens (including phenoxy) is 1. The second-order valence-corrected chi connectivity index (χ2v) is 5.86. The molecule has 8 heteroatoms. The number of hydrogen-bond acceptors (Lipinski definition) is 4. The van der Waals surface area contributed by atoms with Crippen molar-refractivity contribution in [2.75, 3.05) is 26.2 Å². The highest BCUT2D eigenvalue weighted by Crippen LogP contribution is 2.19. The second kappa shape index (κ2) is 10.7. The van der Waals surface area contributed by atoms with Crippen molar-refractivity contribution in [3.8, 4) is 5.88 Å². The summed E-state index contributed by atoms with van der Waals surface area (Å²) in [5, 5.41) is 7.40. The van der Waals surface area contributed by atoms with Crippen molar-refractivity contribution in [2.24, 2.45) is 4.99 Å². The van der Waals surface area contributed by atoms with Crippen LogP contribution in [0.5, 0.6) is 5.88 Å². The number of rotatable bonds is 8. The molecule has 2 aromatic rings. The SMILES string of the molecule is CCNC(=NCCc1ccc(Cl)nc1)NCCOc1ncccc1Cl. The van der Waals surface area contributed by atoms with E-state index in [0.717, 1.165) is 24.5 Å². The zero-order chi connectivity index (χ0) is 17.9. The predicted octanol–water partition coefficient (Wildman–Crippen LogP) is 2.96. The lowest BCUT2D eigenvalue weighted by Crippen LogP contribution is -2.39. The molecule has 0 aliphatic carbocycles. The van der Waals surface area contributed by atoms with Gasteiger partial charge in [0.05, 0.1) is 6.54 Å². The van der Waals surface area contributed by atoms with E-state index >= 15 is 0 Å². The van der Waals surface area contributed by atoms with Gasteiger partial charge in [-0.25, -0.2) is 9.97 Å². The number of guanidine groups is 1. The van der Waals surface area contributed by atoms with Crippen molar-refractivity contribution in [1.29, 1.82) is 0 Å². The lowest BCUT2D eigenvalue weighted by molar-refractivity contribution is 0.310. The third-order valence-corrected chi connectivity index (χ3v) is 3.67. The molecule has 2 aromatic heterocycles. The van der Waals surface area contributed by atoms with E-state index in [1.54, 1.807) is 30.6 Å². The van der Waals surface area contributed by atoms with Crippen LogP contribution in [0.25, 0.3) is 0 Å². The standard InChI is InChI=1S/C17H21Cl2N5O/c1-2-20-17(22-9-7-13-5-6-15(19)24-12-13)23-10-11-25-16-14(18)4-3-8-21-16/h3-6,8,12H,2,7,9-11H2,1H3,(H2,20,22,23). The van der Waals surface area contributed by atoms with E-state index in [2.05, 4.69) is 25.6 Å². The molecule has 0 aliphatic heterocycles. The summed E-state index contributed by atoms with van der Waals surface area (Å²) in [4.78, 5) is 12.7. The summed E-state index contributed by atoms with van der Waals surface area (Å²) in [5.41, 5.74) is 1.09. The highest BCUT2D eigenvalue weighted by atomic mass is 35.5. The first kappa shape index (κ1) is 19.3. The number of nitrogens with one attached hydrogen (secondary N) is 2. The molecule has 0 amide bonds. The Hall–Kier alpha value is -2.05. The molecule has 0 atom stereocenters. The Morgan fingerprint density at radius 2 is 2.08 bits per heavy atom. The molecule has 0 saturated carbocycles. The van der Waals surface area contributed by atoms with Gasteiger partial charge in [0.1, 0.15) is 16.8 Å². The Morgan fingerprint density at radius 1 is 1.20 bits per heavy atom. The first-order valence-electron chi connectivity index (χ1n) is 8.05. The zero-order valence-electron chi connectivity index (χ0n) is 14.0. The molecule has 0 aromatic carbocycles. The number of pyridine rings is 2. The summed E-state index contributed by atoms with van der Waals surface area (Å²) < 4.78 is 5.54. The van der Waals surface area contributed by atoms with E-state index in [0.29, 0.717) is 35.8 Å². The van der Waals surface area contributed by atoms with Gasteiger partial charge in [-0.05, 0) is 37.1 Å².